The Morgan fingerprint density at radius 1 is 1.29 bits per heavy atom. The summed E-state index contributed by atoms with van der Waals surface area (Å²) in [5.74, 6) is 1.30. The smallest absolute Gasteiger partial charge is 0.215 e. The Morgan fingerprint density at radius 2 is 2.14 bits per heavy atom. The number of aromatic nitrogens is 5. The molecule has 0 fully saturated rings. The van der Waals surface area contributed by atoms with Crippen LogP contribution in [0.25, 0.3) is 11.2 Å². The molecule has 0 saturated carbocycles. The van der Waals surface area contributed by atoms with Crippen molar-refractivity contribution in [2.75, 3.05) is 7.11 Å². The first-order valence-electron chi connectivity index (χ1n) is 6.49. The lowest BCUT2D eigenvalue weighted by atomic mass is 10.3. The maximum Gasteiger partial charge on any atom is 0.215 e. The minimum atomic E-state index is -0.230. The zero-order chi connectivity index (χ0) is 14.8. The van der Waals surface area contributed by atoms with Crippen molar-refractivity contribution in [3.63, 3.8) is 0 Å². The Balaban J connectivity index is 2.14. The minimum Gasteiger partial charge on any atom is -0.481 e. The lowest BCUT2D eigenvalue weighted by Gasteiger charge is -2.09. The van der Waals surface area contributed by atoms with Crippen molar-refractivity contribution < 1.29 is 4.74 Å². The summed E-state index contributed by atoms with van der Waals surface area (Å²) in [6.45, 7) is 2.42. The summed E-state index contributed by atoms with van der Waals surface area (Å²) in [5, 5.41) is -0.230. The van der Waals surface area contributed by atoms with Gasteiger partial charge in [0.1, 0.15) is 17.7 Å². The molecule has 3 heterocycles. The second-order valence-corrected chi connectivity index (χ2v) is 5.22. The number of hydrogen-bond acceptors (Lipinski definition) is 5. The van der Waals surface area contributed by atoms with Crippen LogP contribution in [-0.4, -0.2) is 31.6 Å². The van der Waals surface area contributed by atoms with Crippen molar-refractivity contribution in [1.29, 1.82) is 0 Å². The zero-order valence-electron chi connectivity index (χ0n) is 11.7. The van der Waals surface area contributed by atoms with Gasteiger partial charge in [-0.25, -0.2) is 15.0 Å². The molecule has 1 unspecified atom stereocenters. The Bertz CT molecular complexity index is 757. The molecular formula is C14H14ClN5O. The third-order valence-corrected chi connectivity index (χ3v) is 3.32. The van der Waals surface area contributed by atoms with Gasteiger partial charge < -0.3 is 9.30 Å². The van der Waals surface area contributed by atoms with Gasteiger partial charge in [-0.2, -0.15) is 4.98 Å². The fourth-order valence-electron chi connectivity index (χ4n) is 2.15. The van der Waals surface area contributed by atoms with Gasteiger partial charge >= 0.3 is 0 Å². The standard InChI is InChI=1S/C14H14ClN5O/c1-9(15)13-18-11-3-4-12(21-2)19-14(11)20(13)7-10-5-6-16-8-17-10/h3-6,8-9H,7H2,1-2H3. The molecule has 0 N–H and O–H groups in total. The summed E-state index contributed by atoms with van der Waals surface area (Å²) in [7, 11) is 1.59. The molecular weight excluding hydrogens is 290 g/mol. The first-order valence-corrected chi connectivity index (χ1v) is 6.93. The SMILES string of the molecule is COc1ccc2nc(C(C)Cl)n(Cc3ccncn3)c2n1. The van der Waals surface area contributed by atoms with E-state index >= 15 is 0 Å². The number of alkyl halides is 1. The van der Waals surface area contributed by atoms with E-state index < -0.39 is 0 Å². The number of ether oxygens (including phenoxy) is 1. The maximum atomic E-state index is 6.24. The zero-order valence-corrected chi connectivity index (χ0v) is 12.4. The molecule has 3 rings (SSSR count). The quantitative estimate of drug-likeness (QED) is 0.693. The second-order valence-electron chi connectivity index (χ2n) is 4.57. The van der Waals surface area contributed by atoms with Gasteiger partial charge in [-0.1, -0.05) is 0 Å². The summed E-state index contributed by atoms with van der Waals surface area (Å²) < 4.78 is 7.14. The van der Waals surface area contributed by atoms with Crippen molar-refractivity contribution in [3.8, 4) is 5.88 Å². The molecule has 0 spiro atoms. The predicted molar refractivity (Wildman–Crippen MR) is 79.5 cm³/mol. The van der Waals surface area contributed by atoms with E-state index in [-0.39, 0.29) is 5.38 Å². The molecule has 1 atom stereocenters. The number of hydrogen-bond donors (Lipinski definition) is 0. The highest BCUT2D eigenvalue weighted by Gasteiger charge is 2.17. The van der Waals surface area contributed by atoms with Crippen LogP contribution < -0.4 is 4.74 Å². The number of imidazole rings is 1. The third kappa shape index (κ3) is 2.67. The van der Waals surface area contributed by atoms with E-state index in [1.807, 2.05) is 23.6 Å². The summed E-state index contributed by atoms with van der Waals surface area (Å²) in [5.41, 5.74) is 2.38. The lowest BCUT2D eigenvalue weighted by Crippen LogP contribution is -2.08. The number of rotatable bonds is 4. The Hall–Kier alpha value is -2.21. The first-order chi connectivity index (χ1) is 10.2. The Labute approximate surface area is 126 Å². The van der Waals surface area contributed by atoms with Crippen LogP contribution in [0.5, 0.6) is 5.88 Å². The predicted octanol–water partition coefficient (Wildman–Crippen LogP) is 2.58. The highest BCUT2D eigenvalue weighted by Crippen LogP contribution is 2.25. The van der Waals surface area contributed by atoms with Crippen molar-refractivity contribution in [1.82, 2.24) is 24.5 Å². The van der Waals surface area contributed by atoms with E-state index in [9.17, 15) is 0 Å². The Morgan fingerprint density at radius 3 is 2.81 bits per heavy atom. The van der Waals surface area contributed by atoms with Gasteiger partial charge in [-0.3, -0.25) is 0 Å². The topological polar surface area (TPSA) is 65.7 Å². The lowest BCUT2D eigenvalue weighted by molar-refractivity contribution is 0.399. The van der Waals surface area contributed by atoms with Crippen molar-refractivity contribution in [2.45, 2.75) is 18.8 Å². The molecule has 0 bridgehead atoms. The summed E-state index contributed by atoms with van der Waals surface area (Å²) in [6.07, 6.45) is 3.23. The molecule has 0 saturated heterocycles. The van der Waals surface area contributed by atoms with Gasteiger partial charge in [0.05, 0.1) is 24.7 Å². The molecule has 3 aromatic heterocycles. The minimum absolute atomic E-state index is 0.230. The number of pyridine rings is 1. The molecule has 108 valence electrons. The van der Waals surface area contributed by atoms with Gasteiger partial charge in [0, 0.05) is 12.3 Å². The molecule has 3 aromatic rings. The van der Waals surface area contributed by atoms with Crippen molar-refractivity contribution in [2.24, 2.45) is 0 Å². The number of halogens is 1. The molecule has 0 aliphatic rings. The van der Waals surface area contributed by atoms with Gasteiger partial charge in [0.15, 0.2) is 5.65 Å². The van der Waals surface area contributed by atoms with Crippen LogP contribution in [0.4, 0.5) is 0 Å². The van der Waals surface area contributed by atoms with Gasteiger partial charge in [-0.05, 0) is 19.1 Å². The highest BCUT2D eigenvalue weighted by atomic mass is 35.5. The second kappa shape index (κ2) is 5.65. The molecule has 0 aliphatic heterocycles. The van der Waals surface area contributed by atoms with Crippen LogP contribution in [0, 0.1) is 0 Å². The van der Waals surface area contributed by atoms with E-state index in [4.69, 9.17) is 16.3 Å². The number of methoxy groups -OCH3 is 1. The van der Waals surface area contributed by atoms with Crippen LogP contribution in [-0.2, 0) is 6.54 Å². The van der Waals surface area contributed by atoms with E-state index in [1.165, 1.54) is 6.33 Å². The monoisotopic (exact) mass is 303 g/mol. The van der Waals surface area contributed by atoms with Crippen LogP contribution in [0.2, 0.25) is 0 Å². The highest BCUT2D eigenvalue weighted by molar-refractivity contribution is 6.20. The van der Waals surface area contributed by atoms with Crippen molar-refractivity contribution in [3.05, 3.63) is 42.2 Å². The fourth-order valence-corrected chi connectivity index (χ4v) is 2.32. The van der Waals surface area contributed by atoms with Crippen LogP contribution in [0.3, 0.4) is 0 Å². The molecule has 0 amide bonds. The third-order valence-electron chi connectivity index (χ3n) is 3.12. The summed E-state index contributed by atoms with van der Waals surface area (Å²) >= 11 is 6.24. The van der Waals surface area contributed by atoms with E-state index in [0.717, 1.165) is 22.7 Å². The molecule has 0 radical (unpaired) electrons. The fraction of sp³-hybridized carbons (Fsp3) is 0.286. The maximum absolute atomic E-state index is 6.24. The van der Waals surface area contributed by atoms with E-state index in [0.29, 0.717) is 12.4 Å². The molecule has 0 aromatic carbocycles. The number of fused-ring (bicyclic) bond motifs is 1. The van der Waals surface area contributed by atoms with Gasteiger partial charge in [0.25, 0.3) is 0 Å². The average molecular weight is 304 g/mol. The molecule has 6 nitrogen and oxygen atoms in total. The molecule has 21 heavy (non-hydrogen) atoms. The molecule has 7 heteroatoms. The van der Waals surface area contributed by atoms with Crippen molar-refractivity contribution >= 4 is 22.8 Å². The van der Waals surface area contributed by atoms with Gasteiger partial charge in [0.2, 0.25) is 5.88 Å². The van der Waals surface area contributed by atoms with Crippen LogP contribution in [0.15, 0.2) is 30.7 Å². The average Bonchev–Trinajstić information content (AvgIpc) is 2.86. The first kappa shape index (κ1) is 13.8. The summed E-state index contributed by atoms with van der Waals surface area (Å²) in [6, 6.07) is 5.52. The summed E-state index contributed by atoms with van der Waals surface area (Å²) in [4.78, 5) is 17.2. The van der Waals surface area contributed by atoms with Gasteiger partial charge in [-0.15, -0.1) is 11.6 Å². The van der Waals surface area contributed by atoms with E-state index in [2.05, 4.69) is 19.9 Å². The Kier molecular flexibility index (Phi) is 3.70. The number of nitrogens with zero attached hydrogens (tertiary/aromatic N) is 5. The largest absolute Gasteiger partial charge is 0.481 e. The normalized spacial score (nSPS) is 12.5. The molecule has 0 aliphatic carbocycles. The van der Waals surface area contributed by atoms with Crippen LogP contribution in [0.1, 0.15) is 23.8 Å². The van der Waals surface area contributed by atoms with E-state index in [1.54, 1.807) is 19.4 Å². The van der Waals surface area contributed by atoms with Crippen LogP contribution >= 0.6 is 11.6 Å².